The highest BCUT2D eigenvalue weighted by molar-refractivity contribution is 7.99. The van der Waals surface area contributed by atoms with Crippen LogP contribution in [0.2, 0.25) is 0 Å². The average molecular weight is 746 g/mol. The summed E-state index contributed by atoms with van der Waals surface area (Å²) in [5, 5.41) is 21.6. The molecule has 272 valence electrons. The van der Waals surface area contributed by atoms with Crippen molar-refractivity contribution in [3.63, 3.8) is 0 Å². The molecule has 2 aromatic carbocycles. The van der Waals surface area contributed by atoms with Gasteiger partial charge in [-0.2, -0.15) is 9.49 Å². The Kier molecular flexibility index (Phi) is 10.8. The van der Waals surface area contributed by atoms with Gasteiger partial charge < -0.3 is 24.8 Å². The number of likely N-dealkylation sites (N-methyl/N-ethyl adjacent to an activating group) is 1. The Morgan fingerprint density at radius 1 is 1.14 bits per heavy atom. The number of piperazine rings is 1. The molecule has 4 aromatic rings. The van der Waals surface area contributed by atoms with Crippen LogP contribution in [0.1, 0.15) is 25.1 Å². The number of amides is 1. The molecule has 1 aliphatic heterocycles. The lowest BCUT2D eigenvalue weighted by Crippen LogP contribution is -2.51. The number of benzene rings is 2. The van der Waals surface area contributed by atoms with Gasteiger partial charge in [0.2, 0.25) is 17.5 Å². The summed E-state index contributed by atoms with van der Waals surface area (Å²) in [6.45, 7) is 6.24. The highest BCUT2D eigenvalue weighted by Gasteiger charge is 2.41. The maximum atomic E-state index is 15.8. The Labute approximate surface area is 297 Å². The van der Waals surface area contributed by atoms with Gasteiger partial charge in [0.1, 0.15) is 5.82 Å². The average Bonchev–Trinajstić information content (AvgIpc) is 3.48. The molecule has 2 aromatic heterocycles. The third kappa shape index (κ3) is 7.74. The highest BCUT2D eigenvalue weighted by Crippen LogP contribution is 2.41. The quantitative estimate of drug-likeness (QED) is 0.118. The number of aromatic nitrogens is 4. The van der Waals surface area contributed by atoms with Crippen molar-refractivity contribution >= 4 is 50.6 Å². The number of methoxy groups -OCH3 is 1. The van der Waals surface area contributed by atoms with Gasteiger partial charge in [0.15, 0.2) is 32.4 Å². The lowest BCUT2D eigenvalue weighted by atomic mass is 10.0. The third-order valence-corrected chi connectivity index (χ3v) is 11.6. The zero-order valence-corrected chi connectivity index (χ0v) is 30.4. The molecule has 1 fully saturated rings. The highest BCUT2D eigenvalue weighted by atomic mass is 32.2. The van der Waals surface area contributed by atoms with Crippen LogP contribution in [-0.4, -0.2) is 103 Å². The van der Waals surface area contributed by atoms with E-state index in [1.807, 2.05) is 25.9 Å². The molecular formula is C32H37F2N9O6S2. The summed E-state index contributed by atoms with van der Waals surface area (Å²) in [6.07, 6.45) is 0. The van der Waals surface area contributed by atoms with Crippen LogP contribution in [-0.2, 0) is 19.4 Å². The first-order valence-electron chi connectivity index (χ1n) is 15.6. The first kappa shape index (κ1) is 37.4. The fourth-order valence-corrected chi connectivity index (χ4v) is 7.79. The molecule has 5 rings (SSSR count). The molecule has 0 saturated carbocycles. The molecule has 1 amide bonds. The number of nitro groups is 1. The SMILES string of the molecule is COc1c(Nc2cc(C)[nH]n2)nc(Sc2ccc(S(=O)(=O)C(C)(C)c3cccc([N+](=O)[O-])c3F)cc2F)nc1N1CCN(C(=O)CN(C)C)CC1. The van der Waals surface area contributed by atoms with E-state index in [1.54, 1.807) is 15.9 Å². The van der Waals surface area contributed by atoms with Crippen molar-refractivity contribution in [3.8, 4) is 5.75 Å². The van der Waals surface area contributed by atoms with E-state index in [2.05, 4.69) is 20.5 Å². The van der Waals surface area contributed by atoms with Gasteiger partial charge in [0.25, 0.3) is 0 Å². The van der Waals surface area contributed by atoms with Gasteiger partial charge in [0, 0.05) is 49.6 Å². The summed E-state index contributed by atoms with van der Waals surface area (Å²) in [5.74, 6) is -0.830. The predicted molar refractivity (Wildman–Crippen MR) is 186 cm³/mol. The maximum Gasteiger partial charge on any atom is 0.305 e. The molecule has 51 heavy (non-hydrogen) atoms. The predicted octanol–water partition coefficient (Wildman–Crippen LogP) is 4.52. The maximum absolute atomic E-state index is 15.8. The zero-order chi connectivity index (χ0) is 37.2. The second kappa shape index (κ2) is 14.8. The first-order valence-corrected chi connectivity index (χ1v) is 17.9. The number of aryl methyl sites for hydroxylation is 1. The number of anilines is 3. The fraction of sp³-hybridized carbons (Fsp3) is 0.375. The number of carbonyl (C=O) groups is 1. The van der Waals surface area contributed by atoms with Crippen molar-refractivity contribution in [3.05, 3.63) is 75.5 Å². The summed E-state index contributed by atoms with van der Waals surface area (Å²) in [5.41, 5.74) is -0.513. The Morgan fingerprint density at radius 3 is 2.43 bits per heavy atom. The molecule has 1 aliphatic rings. The summed E-state index contributed by atoms with van der Waals surface area (Å²) < 4.78 is 62.1. The second-order valence-corrected chi connectivity index (χ2v) is 16.0. The number of carbonyl (C=O) groups excluding carboxylic acids is 1. The molecule has 3 heterocycles. The van der Waals surface area contributed by atoms with Crippen LogP contribution >= 0.6 is 11.8 Å². The van der Waals surface area contributed by atoms with Crippen LogP contribution in [0.15, 0.2) is 57.4 Å². The molecule has 1 saturated heterocycles. The molecular weight excluding hydrogens is 709 g/mol. The number of rotatable bonds is 12. The van der Waals surface area contributed by atoms with Crippen molar-refractivity contribution in [1.82, 2.24) is 30.0 Å². The van der Waals surface area contributed by atoms with Crippen LogP contribution in [0.5, 0.6) is 5.75 Å². The number of nitro benzene ring substituents is 1. The zero-order valence-electron chi connectivity index (χ0n) is 28.7. The van der Waals surface area contributed by atoms with Crippen LogP contribution in [0.4, 0.5) is 31.9 Å². The van der Waals surface area contributed by atoms with E-state index in [1.165, 1.54) is 39.2 Å². The van der Waals surface area contributed by atoms with E-state index in [9.17, 15) is 23.3 Å². The fourth-order valence-electron chi connectivity index (χ4n) is 5.49. The molecule has 0 unspecified atom stereocenters. The van der Waals surface area contributed by atoms with E-state index in [0.717, 1.165) is 35.7 Å². The Bertz CT molecular complexity index is 2070. The number of nitrogens with zero attached hydrogens (tertiary/aromatic N) is 7. The smallest absolute Gasteiger partial charge is 0.305 e. The Hall–Kier alpha value is -4.88. The molecule has 0 atom stereocenters. The van der Waals surface area contributed by atoms with Crippen LogP contribution in [0.25, 0.3) is 0 Å². The molecule has 19 heteroatoms. The lowest BCUT2D eigenvalue weighted by Gasteiger charge is -2.36. The standard InChI is InChI=1S/C32H37F2N9O6S2/c1-19-16-25(39-38-19)35-29-28(49-6)30(42-14-12-41(13-15-42)26(44)18-40(4)5)37-31(36-29)50-24-11-10-20(17-22(24)33)51(47,48)32(2,3)21-8-7-9-23(27(21)34)43(45)46/h7-11,16-17H,12-15,18H2,1-6H3,(H2,35,36,37,38,39). The minimum Gasteiger partial charge on any atom is -0.490 e. The van der Waals surface area contributed by atoms with Crippen molar-refractivity contribution in [2.45, 2.75) is 40.5 Å². The van der Waals surface area contributed by atoms with Crippen molar-refractivity contribution in [2.75, 3.05) is 64.1 Å². The van der Waals surface area contributed by atoms with Gasteiger partial charge in [-0.3, -0.25) is 20.0 Å². The second-order valence-electron chi connectivity index (χ2n) is 12.5. The monoisotopic (exact) mass is 745 g/mol. The van der Waals surface area contributed by atoms with Crippen molar-refractivity contribution < 1.29 is 31.7 Å². The molecule has 0 aliphatic carbocycles. The largest absolute Gasteiger partial charge is 0.490 e. The van der Waals surface area contributed by atoms with Crippen LogP contribution in [0, 0.1) is 28.7 Å². The third-order valence-electron chi connectivity index (χ3n) is 8.28. The number of H-pyrrole nitrogens is 1. The van der Waals surface area contributed by atoms with Crippen molar-refractivity contribution in [1.29, 1.82) is 0 Å². The van der Waals surface area contributed by atoms with Gasteiger partial charge in [-0.15, -0.1) is 0 Å². The topological polar surface area (TPSA) is 180 Å². The number of nitrogens with one attached hydrogen (secondary N) is 2. The number of aromatic amines is 1. The van der Waals surface area contributed by atoms with E-state index in [0.29, 0.717) is 43.6 Å². The molecule has 0 spiro atoms. The van der Waals surface area contributed by atoms with E-state index in [-0.39, 0.29) is 28.3 Å². The number of halogens is 2. The van der Waals surface area contributed by atoms with Gasteiger partial charge >= 0.3 is 5.69 Å². The molecule has 0 radical (unpaired) electrons. The molecule has 15 nitrogen and oxygen atoms in total. The van der Waals surface area contributed by atoms with E-state index in [4.69, 9.17) is 9.72 Å². The van der Waals surface area contributed by atoms with Gasteiger partial charge in [0.05, 0.1) is 33.1 Å². The van der Waals surface area contributed by atoms with Crippen LogP contribution in [0.3, 0.4) is 0 Å². The number of hydrogen-bond donors (Lipinski definition) is 2. The van der Waals surface area contributed by atoms with Crippen molar-refractivity contribution in [2.24, 2.45) is 0 Å². The van der Waals surface area contributed by atoms with Gasteiger partial charge in [-0.05, 0) is 64.8 Å². The summed E-state index contributed by atoms with van der Waals surface area (Å²) in [4.78, 5) is 37.4. The number of ether oxygens (including phenoxy) is 1. The van der Waals surface area contributed by atoms with E-state index >= 15 is 8.78 Å². The van der Waals surface area contributed by atoms with Gasteiger partial charge in [-0.25, -0.2) is 22.8 Å². The summed E-state index contributed by atoms with van der Waals surface area (Å²) in [6, 6.07) is 8.27. The number of hydrogen-bond acceptors (Lipinski definition) is 13. The first-order chi connectivity index (χ1) is 24.0. The summed E-state index contributed by atoms with van der Waals surface area (Å²) >= 11 is 0.837. The summed E-state index contributed by atoms with van der Waals surface area (Å²) in [7, 11) is 0.643. The Morgan fingerprint density at radius 2 is 1.84 bits per heavy atom. The number of sulfone groups is 1. The van der Waals surface area contributed by atoms with Gasteiger partial charge in [-0.1, -0.05) is 12.1 Å². The van der Waals surface area contributed by atoms with Crippen LogP contribution < -0.4 is 15.0 Å². The van der Waals surface area contributed by atoms with E-state index < -0.39 is 47.3 Å². The normalized spacial score (nSPS) is 13.8. The lowest BCUT2D eigenvalue weighted by molar-refractivity contribution is -0.387. The molecule has 0 bridgehead atoms. The minimum absolute atomic E-state index is 0.00125. The Balaban J connectivity index is 1.47. The minimum atomic E-state index is -4.47. The molecule has 2 N–H and O–H groups in total.